The number of methoxy groups -OCH3 is 2. The molecule has 3 aromatic rings. The summed E-state index contributed by atoms with van der Waals surface area (Å²) in [6, 6.07) is 8.88. The van der Waals surface area contributed by atoms with Crippen LogP contribution in [0.15, 0.2) is 36.5 Å². The van der Waals surface area contributed by atoms with E-state index < -0.39 is 0 Å². The molecule has 0 bridgehead atoms. The zero-order valence-corrected chi connectivity index (χ0v) is 14.2. The van der Waals surface area contributed by atoms with Crippen LogP contribution >= 0.6 is 11.6 Å². The van der Waals surface area contributed by atoms with Gasteiger partial charge in [0.2, 0.25) is 0 Å². The molecule has 0 aliphatic rings. The summed E-state index contributed by atoms with van der Waals surface area (Å²) in [5.74, 6) is 0.567. The fourth-order valence-corrected chi connectivity index (χ4v) is 2.64. The highest BCUT2D eigenvalue weighted by Gasteiger charge is 2.16. The first-order valence-electron chi connectivity index (χ1n) is 7.21. The number of carbonyl (C=O) groups is 1. The van der Waals surface area contributed by atoms with E-state index in [2.05, 4.69) is 10.3 Å². The van der Waals surface area contributed by atoms with Crippen LogP contribution in [0.25, 0.3) is 5.65 Å². The van der Waals surface area contributed by atoms with Gasteiger partial charge in [0.1, 0.15) is 22.8 Å². The van der Waals surface area contributed by atoms with E-state index in [-0.39, 0.29) is 5.91 Å². The van der Waals surface area contributed by atoms with Crippen LogP contribution in [0.2, 0.25) is 5.02 Å². The predicted octanol–water partition coefficient (Wildman–Crippen LogP) is 3.57. The number of aromatic nitrogens is 2. The molecule has 24 heavy (non-hydrogen) atoms. The molecule has 7 heteroatoms. The van der Waals surface area contributed by atoms with Crippen LogP contribution in [0.3, 0.4) is 0 Å². The highest BCUT2D eigenvalue weighted by molar-refractivity contribution is 6.32. The SMILES string of the molecule is COc1cc(OC)c(NC(=O)c2cn3c(C)cccc3n2)cc1Cl. The molecule has 0 fully saturated rings. The van der Waals surface area contributed by atoms with Crippen molar-refractivity contribution >= 4 is 28.8 Å². The van der Waals surface area contributed by atoms with Crippen molar-refractivity contribution in [1.82, 2.24) is 9.38 Å². The number of hydrogen-bond acceptors (Lipinski definition) is 4. The Morgan fingerprint density at radius 3 is 2.62 bits per heavy atom. The van der Waals surface area contributed by atoms with Gasteiger partial charge in [-0.05, 0) is 25.1 Å². The van der Waals surface area contributed by atoms with Gasteiger partial charge in [0.05, 0.1) is 24.9 Å². The number of nitrogens with one attached hydrogen (secondary N) is 1. The number of carbonyl (C=O) groups excluding carboxylic acids is 1. The molecule has 0 unspecified atom stereocenters. The van der Waals surface area contributed by atoms with Crippen LogP contribution in [0.5, 0.6) is 11.5 Å². The molecule has 0 aliphatic carbocycles. The first-order valence-corrected chi connectivity index (χ1v) is 7.59. The summed E-state index contributed by atoms with van der Waals surface area (Å²) in [5, 5.41) is 3.15. The summed E-state index contributed by atoms with van der Waals surface area (Å²) >= 11 is 6.12. The average molecular weight is 346 g/mol. The molecule has 2 aromatic heterocycles. The number of anilines is 1. The number of benzene rings is 1. The van der Waals surface area contributed by atoms with E-state index >= 15 is 0 Å². The van der Waals surface area contributed by atoms with Crippen molar-refractivity contribution in [2.75, 3.05) is 19.5 Å². The third kappa shape index (κ3) is 2.88. The second-order valence-electron chi connectivity index (χ2n) is 5.16. The Morgan fingerprint density at radius 1 is 1.21 bits per heavy atom. The van der Waals surface area contributed by atoms with E-state index in [1.165, 1.54) is 14.2 Å². The molecule has 0 spiro atoms. The highest BCUT2D eigenvalue weighted by Crippen LogP contribution is 2.36. The lowest BCUT2D eigenvalue weighted by atomic mass is 10.2. The van der Waals surface area contributed by atoms with Crippen molar-refractivity contribution in [3.63, 3.8) is 0 Å². The van der Waals surface area contributed by atoms with Crippen molar-refractivity contribution < 1.29 is 14.3 Å². The molecule has 0 radical (unpaired) electrons. The Balaban J connectivity index is 1.94. The Bertz CT molecular complexity index is 921. The first kappa shape index (κ1) is 16.1. The minimum atomic E-state index is -0.349. The highest BCUT2D eigenvalue weighted by atomic mass is 35.5. The maximum absolute atomic E-state index is 12.5. The van der Waals surface area contributed by atoms with Crippen LogP contribution in [-0.4, -0.2) is 29.5 Å². The smallest absolute Gasteiger partial charge is 0.275 e. The van der Waals surface area contributed by atoms with Gasteiger partial charge in [-0.3, -0.25) is 4.79 Å². The summed E-state index contributed by atoms with van der Waals surface area (Å²) in [6.45, 7) is 1.95. The summed E-state index contributed by atoms with van der Waals surface area (Å²) < 4.78 is 12.3. The Kier molecular flexibility index (Phi) is 4.31. The predicted molar refractivity (Wildman–Crippen MR) is 92.4 cm³/mol. The van der Waals surface area contributed by atoms with Gasteiger partial charge in [0.15, 0.2) is 0 Å². The van der Waals surface area contributed by atoms with E-state index in [4.69, 9.17) is 21.1 Å². The maximum atomic E-state index is 12.5. The molecule has 2 heterocycles. The zero-order chi connectivity index (χ0) is 17.3. The topological polar surface area (TPSA) is 64.9 Å². The van der Waals surface area contributed by atoms with Crippen LogP contribution in [0.1, 0.15) is 16.2 Å². The van der Waals surface area contributed by atoms with Crippen molar-refractivity contribution in [2.24, 2.45) is 0 Å². The van der Waals surface area contributed by atoms with Gasteiger partial charge in [-0.1, -0.05) is 17.7 Å². The average Bonchev–Trinajstić information content (AvgIpc) is 3.01. The number of pyridine rings is 1. The van der Waals surface area contributed by atoms with E-state index in [0.717, 1.165) is 5.69 Å². The van der Waals surface area contributed by atoms with Crippen LogP contribution in [-0.2, 0) is 0 Å². The van der Waals surface area contributed by atoms with E-state index in [1.807, 2.05) is 29.5 Å². The van der Waals surface area contributed by atoms with Gasteiger partial charge in [-0.25, -0.2) is 4.98 Å². The lowest BCUT2D eigenvalue weighted by molar-refractivity contribution is 0.102. The van der Waals surface area contributed by atoms with E-state index in [1.54, 1.807) is 18.3 Å². The molecule has 0 aliphatic heterocycles. The van der Waals surface area contributed by atoms with Crippen molar-refractivity contribution in [3.05, 3.63) is 52.9 Å². The van der Waals surface area contributed by atoms with E-state index in [0.29, 0.717) is 33.6 Å². The molecule has 3 rings (SSSR count). The largest absolute Gasteiger partial charge is 0.495 e. The fourth-order valence-electron chi connectivity index (χ4n) is 2.40. The molecule has 0 saturated carbocycles. The Hall–Kier alpha value is -2.73. The standard InChI is InChI=1S/C17H16ClN3O3/c1-10-5-4-6-16-19-13(9-21(10)16)17(22)20-12-7-11(18)14(23-2)8-15(12)24-3/h4-9H,1-3H3,(H,20,22). The lowest BCUT2D eigenvalue weighted by Crippen LogP contribution is -2.13. The van der Waals surface area contributed by atoms with E-state index in [9.17, 15) is 4.79 Å². The lowest BCUT2D eigenvalue weighted by Gasteiger charge is -2.12. The molecule has 124 valence electrons. The van der Waals surface area contributed by atoms with Gasteiger partial charge >= 0.3 is 0 Å². The number of rotatable bonds is 4. The second-order valence-corrected chi connectivity index (χ2v) is 5.57. The summed E-state index contributed by atoms with van der Waals surface area (Å²) in [5.41, 5.74) is 2.45. The summed E-state index contributed by atoms with van der Waals surface area (Å²) in [6.07, 6.45) is 1.69. The van der Waals surface area contributed by atoms with Gasteiger partial charge in [-0.2, -0.15) is 0 Å². The number of aryl methyl sites for hydroxylation is 1. The molecular weight excluding hydrogens is 330 g/mol. The third-order valence-electron chi connectivity index (χ3n) is 3.65. The Labute approximate surface area is 144 Å². The second kappa shape index (κ2) is 6.41. The van der Waals surface area contributed by atoms with Gasteiger partial charge in [0, 0.05) is 18.0 Å². The zero-order valence-electron chi connectivity index (χ0n) is 13.5. The quantitative estimate of drug-likeness (QED) is 0.785. The summed E-state index contributed by atoms with van der Waals surface area (Å²) in [7, 11) is 3.02. The number of amides is 1. The van der Waals surface area contributed by atoms with Crippen molar-refractivity contribution in [3.8, 4) is 11.5 Å². The molecular formula is C17H16ClN3O3. The maximum Gasteiger partial charge on any atom is 0.275 e. The fraction of sp³-hybridized carbons (Fsp3) is 0.176. The molecule has 0 saturated heterocycles. The first-order chi connectivity index (χ1) is 11.5. The van der Waals surface area contributed by atoms with Crippen molar-refractivity contribution in [1.29, 1.82) is 0 Å². The Morgan fingerprint density at radius 2 is 1.96 bits per heavy atom. The molecule has 6 nitrogen and oxygen atoms in total. The van der Waals surface area contributed by atoms with Gasteiger partial charge in [0.25, 0.3) is 5.91 Å². The minimum Gasteiger partial charge on any atom is -0.495 e. The van der Waals surface area contributed by atoms with Gasteiger partial charge in [-0.15, -0.1) is 0 Å². The number of halogens is 1. The molecule has 1 amide bonds. The minimum absolute atomic E-state index is 0.304. The number of ether oxygens (including phenoxy) is 2. The third-order valence-corrected chi connectivity index (χ3v) is 3.95. The molecule has 1 N–H and O–H groups in total. The number of nitrogens with zero attached hydrogens (tertiary/aromatic N) is 2. The van der Waals surface area contributed by atoms with Gasteiger partial charge < -0.3 is 19.2 Å². The van der Waals surface area contributed by atoms with Crippen molar-refractivity contribution in [2.45, 2.75) is 6.92 Å². The molecule has 0 atom stereocenters. The van der Waals surface area contributed by atoms with Crippen LogP contribution in [0.4, 0.5) is 5.69 Å². The number of fused-ring (bicyclic) bond motifs is 1. The number of imidazole rings is 1. The molecule has 1 aromatic carbocycles. The number of hydrogen-bond donors (Lipinski definition) is 1. The summed E-state index contributed by atoms with van der Waals surface area (Å²) in [4.78, 5) is 16.8. The normalized spacial score (nSPS) is 10.7. The monoisotopic (exact) mass is 345 g/mol. The van der Waals surface area contributed by atoms with Crippen LogP contribution < -0.4 is 14.8 Å². The van der Waals surface area contributed by atoms with Crippen LogP contribution in [0, 0.1) is 6.92 Å².